The fourth-order valence-corrected chi connectivity index (χ4v) is 3.38. The molecular formula is C22H19N2O4+. The summed E-state index contributed by atoms with van der Waals surface area (Å²) in [4.78, 5) is 11.8. The van der Waals surface area contributed by atoms with E-state index in [1.807, 2.05) is 42.5 Å². The van der Waals surface area contributed by atoms with Gasteiger partial charge in [-0.1, -0.05) is 18.2 Å². The van der Waals surface area contributed by atoms with Crippen LogP contribution in [0.25, 0.3) is 33.4 Å². The molecule has 0 amide bonds. The second kappa shape index (κ2) is 6.74. The van der Waals surface area contributed by atoms with Crippen molar-refractivity contribution < 1.29 is 19.1 Å². The molecule has 2 aromatic rings. The molecule has 28 heavy (non-hydrogen) atoms. The fraction of sp³-hybridized carbons (Fsp3) is 0.0909. The smallest absolute Gasteiger partial charge is 0.336 e. The van der Waals surface area contributed by atoms with Gasteiger partial charge in [0.1, 0.15) is 17.1 Å². The molecule has 0 aromatic heterocycles. The molecular weight excluding hydrogens is 356 g/mol. The van der Waals surface area contributed by atoms with E-state index in [4.69, 9.17) is 15.0 Å². The van der Waals surface area contributed by atoms with Crippen LogP contribution >= 0.6 is 0 Å². The second-order valence-electron chi connectivity index (χ2n) is 6.48. The first-order valence-corrected chi connectivity index (χ1v) is 8.68. The van der Waals surface area contributed by atoms with Crippen LogP contribution in [0.4, 0.5) is 0 Å². The highest BCUT2D eigenvalue weighted by Gasteiger charge is 2.22. The van der Waals surface area contributed by atoms with Crippen molar-refractivity contribution in [3.63, 3.8) is 0 Å². The zero-order valence-electron chi connectivity index (χ0n) is 15.5. The van der Waals surface area contributed by atoms with Gasteiger partial charge in [-0.05, 0) is 29.8 Å². The average molecular weight is 375 g/mol. The number of carboxylic acid groups (broad SMARTS) is 1. The van der Waals surface area contributed by atoms with Gasteiger partial charge in [0.2, 0.25) is 5.36 Å². The highest BCUT2D eigenvalue weighted by Crippen LogP contribution is 2.41. The molecule has 2 aromatic carbocycles. The largest absolute Gasteiger partial charge is 0.497 e. The molecule has 0 radical (unpaired) electrons. The van der Waals surface area contributed by atoms with Crippen molar-refractivity contribution in [1.29, 1.82) is 0 Å². The number of fused-ring (bicyclic) bond motifs is 2. The molecule has 0 spiro atoms. The average Bonchev–Trinajstić information content (AvgIpc) is 2.70. The Morgan fingerprint density at radius 3 is 2.57 bits per heavy atom. The number of carbonyl (C=O) groups is 1. The summed E-state index contributed by atoms with van der Waals surface area (Å²) >= 11 is 0. The number of hydrogen-bond acceptors (Lipinski definition) is 4. The first kappa shape index (κ1) is 17.6. The zero-order valence-corrected chi connectivity index (χ0v) is 15.5. The predicted molar refractivity (Wildman–Crippen MR) is 107 cm³/mol. The summed E-state index contributed by atoms with van der Waals surface area (Å²) in [6.45, 7) is 0. The van der Waals surface area contributed by atoms with E-state index in [1.54, 1.807) is 32.4 Å². The van der Waals surface area contributed by atoms with Gasteiger partial charge in [0.05, 0.1) is 18.7 Å². The number of hydrazine groups is 1. The van der Waals surface area contributed by atoms with Crippen LogP contribution in [0.3, 0.4) is 0 Å². The number of benzene rings is 3. The second-order valence-corrected chi connectivity index (χ2v) is 6.48. The van der Waals surface area contributed by atoms with Crippen molar-refractivity contribution in [3.05, 3.63) is 71.6 Å². The van der Waals surface area contributed by atoms with Gasteiger partial charge >= 0.3 is 5.97 Å². The van der Waals surface area contributed by atoms with Crippen molar-refractivity contribution in [2.45, 2.75) is 0 Å². The third-order valence-corrected chi connectivity index (χ3v) is 4.75. The molecule has 0 atom stereocenters. The molecule has 140 valence electrons. The monoisotopic (exact) mass is 375 g/mol. The van der Waals surface area contributed by atoms with Crippen LogP contribution in [0.1, 0.15) is 10.4 Å². The van der Waals surface area contributed by atoms with Crippen LogP contribution in [-0.2, 0) is 0 Å². The number of rotatable bonds is 3. The molecule has 6 heteroatoms. The van der Waals surface area contributed by atoms with E-state index < -0.39 is 5.97 Å². The summed E-state index contributed by atoms with van der Waals surface area (Å²) in [6.07, 6.45) is 0. The summed E-state index contributed by atoms with van der Waals surface area (Å²) in [5, 5.41) is 11.3. The number of nitrogens with zero attached hydrogens (tertiary/aromatic N) is 1. The Balaban J connectivity index is 2.20. The van der Waals surface area contributed by atoms with E-state index in [0.29, 0.717) is 22.7 Å². The Morgan fingerprint density at radius 1 is 1.07 bits per heavy atom. The van der Waals surface area contributed by atoms with Gasteiger partial charge in [0, 0.05) is 28.6 Å². The van der Waals surface area contributed by atoms with Crippen LogP contribution < -0.4 is 20.6 Å². The minimum atomic E-state index is -0.982. The maximum absolute atomic E-state index is 11.8. The van der Waals surface area contributed by atoms with E-state index in [-0.39, 0.29) is 5.56 Å². The van der Waals surface area contributed by atoms with Crippen molar-refractivity contribution in [2.75, 3.05) is 14.2 Å². The Morgan fingerprint density at radius 2 is 1.86 bits per heavy atom. The normalized spacial score (nSPS) is 12.2. The van der Waals surface area contributed by atoms with E-state index in [0.717, 1.165) is 21.9 Å². The number of hydrogen-bond donors (Lipinski definition) is 2. The Hall–Kier alpha value is -3.80. The summed E-state index contributed by atoms with van der Waals surface area (Å²) < 4.78 is 12.9. The van der Waals surface area contributed by atoms with Crippen molar-refractivity contribution in [3.8, 4) is 28.2 Å². The van der Waals surface area contributed by atoms with Gasteiger partial charge in [0.15, 0.2) is 7.05 Å². The first-order chi connectivity index (χ1) is 13.5. The van der Waals surface area contributed by atoms with Gasteiger partial charge in [0.25, 0.3) is 0 Å². The fourth-order valence-electron chi connectivity index (χ4n) is 3.38. The van der Waals surface area contributed by atoms with Crippen LogP contribution in [-0.4, -0.2) is 25.2 Å². The highest BCUT2D eigenvalue weighted by molar-refractivity contribution is 6.07. The van der Waals surface area contributed by atoms with Crippen molar-refractivity contribution in [2.24, 2.45) is 5.84 Å². The van der Waals surface area contributed by atoms with Crippen molar-refractivity contribution in [1.82, 2.24) is 4.68 Å². The third-order valence-electron chi connectivity index (χ3n) is 4.75. The van der Waals surface area contributed by atoms with Gasteiger partial charge < -0.3 is 14.3 Å². The number of ether oxygens (including phenoxy) is 1. The lowest BCUT2D eigenvalue weighted by atomic mass is 9.91. The number of methoxy groups -OCH3 is 1. The lowest BCUT2D eigenvalue weighted by Gasteiger charge is -2.16. The van der Waals surface area contributed by atoms with E-state index in [1.165, 1.54) is 4.68 Å². The van der Waals surface area contributed by atoms with Crippen LogP contribution in [0.2, 0.25) is 0 Å². The van der Waals surface area contributed by atoms with E-state index in [9.17, 15) is 9.90 Å². The maximum atomic E-state index is 11.8. The van der Waals surface area contributed by atoms with Gasteiger partial charge in [-0.2, -0.15) is 0 Å². The van der Waals surface area contributed by atoms with Gasteiger partial charge in [-0.25, -0.2) is 10.6 Å². The molecule has 6 nitrogen and oxygen atoms in total. The Bertz CT molecular complexity index is 1250. The topological polar surface area (TPSA) is 88.7 Å². The van der Waals surface area contributed by atoms with Crippen LogP contribution in [0, 0.1) is 0 Å². The zero-order chi connectivity index (χ0) is 19.8. The molecule has 1 heterocycles. The number of carboxylic acids is 1. The molecule has 0 unspecified atom stereocenters. The number of nitrogens with two attached hydrogens (primary N) is 1. The van der Waals surface area contributed by atoms with Crippen molar-refractivity contribution >= 4 is 16.9 Å². The summed E-state index contributed by atoms with van der Waals surface area (Å²) in [5.41, 5.74) is 3.05. The van der Waals surface area contributed by atoms with Crippen LogP contribution in [0.5, 0.6) is 5.75 Å². The van der Waals surface area contributed by atoms with Gasteiger partial charge in [-0.3, -0.25) is 0 Å². The Labute approximate surface area is 161 Å². The first-order valence-electron chi connectivity index (χ1n) is 8.68. The van der Waals surface area contributed by atoms with E-state index in [2.05, 4.69) is 0 Å². The molecule has 2 aliphatic rings. The molecule has 1 aliphatic carbocycles. The molecule has 4 rings (SSSR count). The summed E-state index contributed by atoms with van der Waals surface area (Å²) in [6, 6.07) is 18.1. The summed E-state index contributed by atoms with van der Waals surface area (Å²) in [5.74, 6) is 6.14. The predicted octanol–water partition coefficient (Wildman–Crippen LogP) is 3.19. The minimum Gasteiger partial charge on any atom is -0.497 e. The summed E-state index contributed by atoms with van der Waals surface area (Å²) in [7, 11) is 3.33. The molecule has 0 saturated heterocycles. The lowest BCUT2D eigenvalue weighted by Crippen LogP contribution is -2.31. The Kier molecular flexibility index (Phi) is 4.24. The molecule has 0 fully saturated rings. The third kappa shape index (κ3) is 2.85. The molecule has 1 aliphatic heterocycles. The number of aromatic carboxylic acids is 1. The quantitative estimate of drug-likeness (QED) is 0.248. The SMILES string of the molecule is COc1ccc2c(-c3ccccc3C(=O)O)c3cc/c(=[N+](/C)N)cc-3oc2c1. The molecule has 3 N–H and O–H groups in total. The maximum Gasteiger partial charge on any atom is 0.336 e. The van der Waals surface area contributed by atoms with Crippen LogP contribution in [0.15, 0.2) is 65.1 Å². The van der Waals surface area contributed by atoms with Gasteiger partial charge in [-0.15, -0.1) is 4.68 Å². The lowest BCUT2D eigenvalue weighted by molar-refractivity contribution is 0.0697. The molecule has 0 saturated carbocycles. The van der Waals surface area contributed by atoms with E-state index >= 15 is 0 Å². The highest BCUT2D eigenvalue weighted by atomic mass is 16.5. The standard InChI is InChI=1S/C22H18N2O4/c1-24(23)13-7-9-17-19(11-13)28-20-12-14(27-2)8-10-18(20)21(17)15-5-3-4-6-16(15)22(25)26/h3-12H,23H2,1-2H3/p+1/b24-13+. The minimum absolute atomic E-state index is 0.229. The molecule has 0 bridgehead atoms.